The molecule has 2 heterocycles. The first-order valence-electron chi connectivity index (χ1n) is 18.2. The van der Waals surface area contributed by atoms with Gasteiger partial charge in [0, 0.05) is 16.8 Å². The van der Waals surface area contributed by atoms with Crippen LogP contribution in [0.25, 0.3) is 16.5 Å². The van der Waals surface area contributed by atoms with Crippen LogP contribution >= 0.6 is 23.1 Å². The van der Waals surface area contributed by atoms with Crippen LogP contribution in [0.4, 0.5) is 33.6 Å². The molecule has 70 heavy (non-hydrogen) atoms. The second-order valence-corrected chi connectivity index (χ2v) is 19.7. The number of ether oxygens (including phenoxy) is 1. The highest BCUT2D eigenvalue weighted by molar-refractivity contribution is 8.01. The summed E-state index contributed by atoms with van der Waals surface area (Å²) < 4.78 is 132. The molecule has 5 N–H and O–H groups in total. The molecule has 4 aromatic carbocycles. The molecule has 0 unspecified atom stereocenters. The number of azo groups is 3. The Morgan fingerprint density at radius 1 is 0.729 bits per heavy atom. The number of aromatic nitrogens is 4. The Bertz CT molecular complexity index is 3460. The molecule has 0 amide bonds. The number of fused-ring (bicyclic) bond motifs is 1. The molecule has 370 valence electrons. The Hall–Kier alpha value is -7.43. The zero-order valence-electron chi connectivity index (χ0n) is 35.1. The monoisotopic (exact) mass is 1090 g/mol. The summed E-state index contributed by atoms with van der Waals surface area (Å²) in [5.74, 6) is -0.801. The third kappa shape index (κ3) is 17.0. The molecule has 0 spiro atoms. The highest BCUT2D eigenvalue weighted by Crippen LogP contribution is 2.43. The molecule has 0 aliphatic rings. The molecular weight excluding hydrogens is 1060 g/mol. The summed E-state index contributed by atoms with van der Waals surface area (Å²) in [5.41, 5.74) is 0.408. The number of benzene rings is 4. The van der Waals surface area contributed by atoms with Gasteiger partial charge in [0.25, 0.3) is 35.5 Å². The summed E-state index contributed by atoms with van der Waals surface area (Å²) in [5, 5.41) is 58.5. The van der Waals surface area contributed by atoms with E-state index >= 15 is 0 Å². The Balaban J connectivity index is 0.00000119. The number of carbonyl (C=O) groups excluding carboxylic acids is 4. The number of phenolic OH excluding ortho intramolecular Hbond substituents is 1. The lowest BCUT2D eigenvalue weighted by molar-refractivity contribution is -0.193. The van der Waals surface area contributed by atoms with Crippen molar-refractivity contribution in [3.63, 3.8) is 0 Å². The van der Waals surface area contributed by atoms with Crippen molar-refractivity contribution >= 4 is 121 Å². The van der Waals surface area contributed by atoms with E-state index in [1.165, 1.54) is 59.5 Å². The maximum atomic E-state index is 12.7. The fourth-order valence-electron chi connectivity index (χ4n) is 5.25. The number of hydrogen-bond acceptors (Lipinski definition) is 27. The second kappa shape index (κ2) is 25.8. The van der Waals surface area contributed by atoms with E-state index in [9.17, 15) is 44.6 Å². The summed E-state index contributed by atoms with van der Waals surface area (Å²) in [7, 11) is -16.9. The molecule has 0 atom stereocenters. The SMILES string of the molecule is CCSc1nnc(N=Nc2cc(OCCCS(=O)(=O)O)c(N=Nc3ccc4c(S(=O)(=O)O)c(N=Nc5cnn(-c6ccc(S(=O)(=O)O)cc6)c5O)ccc4c3O)cc2C)s1.O=C=O.O=C=O.O=S(=O)=O. The zero-order chi connectivity index (χ0) is 52.4. The van der Waals surface area contributed by atoms with Crippen molar-refractivity contribution in [1.82, 2.24) is 20.0 Å². The van der Waals surface area contributed by atoms with Gasteiger partial charge in [-0.1, -0.05) is 36.1 Å². The van der Waals surface area contributed by atoms with E-state index in [0.717, 1.165) is 39.2 Å². The normalized spacial score (nSPS) is 11.5. The predicted molar refractivity (Wildman–Crippen MR) is 237 cm³/mol. The largest absolute Gasteiger partial charge is 0.505 e. The Kier molecular flexibility index (Phi) is 21.0. The molecule has 29 nitrogen and oxygen atoms in total. The van der Waals surface area contributed by atoms with E-state index in [4.69, 9.17) is 41.1 Å². The van der Waals surface area contributed by atoms with E-state index < -0.39 is 73.8 Å². The van der Waals surface area contributed by atoms with Crippen LogP contribution in [-0.4, -0.2) is 112 Å². The van der Waals surface area contributed by atoms with Crippen LogP contribution in [0.5, 0.6) is 17.4 Å². The van der Waals surface area contributed by atoms with E-state index in [1.807, 2.05) is 6.92 Å². The van der Waals surface area contributed by atoms with Crippen LogP contribution in [0.15, 0.2) is 112 Å². The van der Waals surface area contributed by atoms with Crippen LogP contribution in [0, 0.1) is 6.92 Å². The number of phenols is 1. The molecule has 35 heteroatoms. The van der Waals surface area contributed by atoms with Crippen LogP contribution < -0.4 is 4.74 Å². The standard InChI is InChI=1S/C33H30N10O12S5.2CO2.O3S/c1-3-56-33-42-41-32(57-33)40-37-25-16-28(55-13-4-14-58(46,47)48)26(15-18(25)2)38-35-23-11-10-22-21(29(23)44)9-12-24(30(22)60(52,53)54)36-39-27-17-34-43(31(27)45)19-5-7-20(8-6-19)59(49,50)51;2*2-1-3;1-4(2)3/h5-12,15-17,44-45H,3-4,13-14H2,1-2H3,(H,46,47,48)(H,49,50,51)(H,52,53,54);;;. The quantitative estimate of drug-likeness (QED) is 0.0324. The number of hydrogen-bond donors (Lipinski definition) is 5. The zero-order valence-corrected chi connectivity index (χ0v) is 40.0. The van der Waals surface area contributed by atoms with Crippen LogP contribution in [0.2, 0.25) is 0 Å². The minimum Gasteiger partial charge on any atom is -0.505 e. The number of rotatable bonds is 16. The van der Waals surface area contributed by atoms with Gasteiger partial charge in [-0.2, -0.15) is 54.2 Å². The van der Waals surface area contributed by atoms with Gasteiger partial charge in [0.15, 0.2) is 15.8 Å². The van der Waals surface area contributed by atoms with E-state index in [2.05, 4.69) is 46.0 Å². The maximum absolute atomic E-state index is 12.7. The molecule has 0 saturated heterocycles. The number of aryl methyl sites for hydroxylation is 1. The molecule has 0 aliphatic carbocycles. The molecule has 0 radical (unpaired) electrons. The third-order valence-electron chi connectivity index (χ3n) is 7.96. The highest BCUT2D eigenvalue weighted by Gasteiger charge is 2.23. The summed E-state index contributed by atoms with van der Waals surface area (Å²) in [6.45, 7) is 3.51. The fraction of sp³-hybridized carbons (Fsp3) is 0.171. The van der Waals surface area contributed by atoms with Crippen molar-refractivity contribution in [2.45, 2.75) is 34.4 Å². The summed E-state index contributed by atoms with van der Waals surface area (Å²) in [4.78, 5) is 31.4. The average Bonchev–Trinajstić information content (AvgIpc) is 3.88. The van der Waals surface area contributed by atoms with Crippen molar-refractivity contribution in [1.29, 1.82) is 0 Å². The fourth-order valence-corrected chi connectivity index (χ4v) is 8.60. The number of thioether (sulfide) groups is 1. The molecule has 6 rings (SSSR count). The Labute approximate surface area is 403 Å². The van der Waals surface area contributed by atoms with Crippen LogP contribution in [0.3, 0.4) is 0 Å². The van der Waals surface area contributed by atoms with Crippen molar-refractivity contribution in [3.05, 3.63) is 72.4 Å². The number of nitrogens with zero attached hydrogens (tertiary/aromatic N) is 10. The third-order valence-corrected chi connectivity index (χ3v) is 12.4. The smallest absolute Gasteiger partial charge is 0.425 e. The van der Waals surface area contributed by atoms with Crippen molar-refractivity contribution in [3.8, 4) is 23.1 Å². The van der Waals surface area contributed by atoms with Crippen molar-refractivity contribution in [2.24, 2.45) is 30.7 Å². The van der Waals surface area contributed by atoms with E-state index in [1.54, 1.807) is 13.0 Å². The lowest BCUT2D eigenvalue weighted by atomic mass is 10.1. The lowest BCUT2D eigenvalue weighted by Crippen LogP contribution is -2.08. The maximum Gasteiger partial charge on any atom is 0.425 e. The minimum atomic E-state index is -5.04. The average molecular weight is 1090 g/mol. The van der Waals surface area contributed by atoms with Crippen molar-refractivity contribution in [2.75, 3.05) is 18.1 Å². The first-order chi connectivity index (χ1) is 32.9. The summed E-state index contributed by atoms with van der Waals surface area (Å²) in [6, 6.07) is 12.5. The Morgan fingerprint density at radius 3 is 1.87 bits per heavy atom. The molecule has 0 bridgehead atoms. The lowest BCUT2D eigenvalue weighted by Gasteiger charge is -2.11. The topological polar surface area (TPSA) is 450 Å². The molecule has 0 aliphatic heterocycles. The van der Waals surface area contributed by atoms with Gasteiger partial charge in [0.2, 0.25) is 5.88 Å². The molecular formula is C35H30N10O19S6. The number of aromatic hydroxyl groups is 2. The first-order valence-corrected chi connectivity index (χ1v) is 25.5. The van der Waals surface area contributed by atoms with Gasteiger partial charge >= 0.3 is 22.9 Å². The van der Waals surface area contributed by atoms with Gasteiger partial charge in [-0.05, 0) is 73.2 Å². The molecule has 0 fully saturated rings. The van der Waals surface area contributed by atoms with Crippen LogP contribution in [0.1, 0.15) is 18.9 Å². The van der Waals surface area contributed by atoms with Gasteiger partial charge < -0.3 is 14.9 Å². The Morgan fingerprint density at radius 2 is 1.29 bits per heavy atom. The van der Waals surface area contributed by atoms with Gasteiger partial charge in [0.1, 0.15) is 27.7 Å². The summed E-state index contributed by atoms with van der Waals surface area (Å²) in [6.07, 6.45) is 1.50. The summed E-state index contributed by atoms with van der Waals surface area (Å²) >= 11 is 2.74. The van der Waals surface area contributed by atoms with Gasteiger partial charge in [-0.15, -0.1) is 53.5 Å². The van der Waals surface area contributed by atoms with Gasteiger partial charge in [-0.3, -0.25) is 13.7 Å². The molecule has 2 aromatic heterocycles. The van der Waals surface area contributed by atoms with E-state index in [-0.39, 0.29) is 64.6 Å². The van der Waals surface area contributed by atoms with E-state index in [0.29, 0.717) is 16.4 Å². The van der Waals surface area contributed by atoms with Crippen LogP contribution in [-0.2, 0) is 60.1 Å². The predicted octanol–water partition coefficient (Wildman–Crippen LogP) is 5.93. The second-order valence-electron chi connectivity index (χ2n) is 12.5. The van der Waals surface area contributed by atoms with Gasteiger partial charge in [-0.25, -0.2) is 0 Å². The highest BCUT2D eigenvalue weighted by atomic mass is 32.2. The minimum absolute atomic E-state index is 0.0763. The molecule has 6 aromatic rings. The molecule has 0 saturated carbocycles. The van der Waals surface area contributed by atoms with Gasteiger partial charge in [0.05, 0.1) is 34.8 Å². The first kappa shape index (κ1) is 56.9. The van der Waals surface area contributed by atoms with Crippen molar-refractivity contribution < 1.29 is 85.7 Å².